The fraction of sp³-hybridized carbons (Fsp3) is 0.429. The van der Waals surface area contributed by atoms with Crippen molar-refractivity contribution in [1.29, 1.82) is 0 Å². The Morgan fingerprint density at radius 2 is 2.21 bits per heavy atom. The minimum absolute atomic E-state index is 0.0463. The molecule has 0 fully saturated rings. The molecule has 102 valence electrons. The molecule has 0 saturated heterocycles. The number of carboxylic acids is 1. The van der Waals surface area contributed by atoms with Gasteiger partial charge in [0.2, 0.25) is 0 Å². The van der Waals surface area contributed by atoms with Gasteiger partial charge >= 0.3 is 5.97 Å². The van der Waals surface area contributed by atoms with Gasteiger partial charge in [0.15, 0.2) is 5.78 Å². The topological polar surface area (TPSA) is 78.4 Å². The van der Waals surface area contributed by atoms with Crippen molar-refractivity contribution >= 4 is 17.4 Å². The van der Waals surface area contributed by atoms with Crippen LogP contribution in [0, 0.1) is 0 Å². The molecule has 1 aliphatic heterocycles. The van der Waals surface area contributed by atoms with Gasteiger partial charge in [0.25, 0.3) is 0 Å². The third-order valence-electron chi connectivity index (χ3n) is 3.17. The number of rotatable bonds is 7. The van der Waals surface area contributed by atoms with Gasteiger partial charge in [-0.15, -0.1) is 0 Å². The Bertz CT molecular complexity index is 486. The Kier molecular flexibility index (Phi) is 4.52. The van der Waals surface area contributed by atoms with Gasteiger partial charge in [-0.25, -0.2) is 0 Å². The number of hydrogen-bond donors (Lipinski definition) is 3. The number of carboxylic acid groups (broad SMARTS) is 1. The highest BCUT2D eigenvalue weighted by Gasteiger charge is 2.13. The monoisotopic (exact) mass is 262 g/mol. The van der Waals surface area contributed by atoms with E-state index in [0.717, 1.165) is 18.7 Å². The Morgan fingerprint density at radius 3 is 3.00 bits per heavy atom. The predicted octanol–water partition coefficient (Wildman–Crippen LogP) is 1.29. The van der Waals surface area contributed by atoms with E-state index in [9.17, 15) is 9.59 Å². The summed E-state index contributed by atoms with van der Waals surface area (Å²) < 4.78 is 0. The zero-order chi connectivity index (χ0) is 13.7. The first-order valence-electron chi connectivity index (χ1n) is 6.49. The molecule has 1 heterocycles. The molecule has 0 spiro atoms. The number of fused-ring (bicyclic) bond motifs is 1. The molecule has 1 aromatic carbocycles. The molecule has 2 rings (SSSR count). The standard InChI is InChI=1S/C14H18N2O3/c17-13(9-15-6-1-2-14(18)19)11-3-4-12-10(8-11)5-7-16-12/h3-4,8,15-16H,1-2,5-7,9H2,(H,18,19). The Labute approximate surface area is 112 Å². The van der Waals surface area contributed by atoms with Gasteiger partial charge in [0.1, 0.15) is 0 Å². The fourth-order valence-corrected chi connectivity index (χ4v) is 2.15. The first kappa shape index (κ1) is 13.5. The van der Waals surface area contributed by atoms with Crippen LogP contribution in [0.4, 0.5) is 5.69 Å². The number of aliphatic carboxylic acids is 1. The van der Waals surface area contributed by atoms with Crippen LogP contribution in [0.25, 0.3) is 0 Å². The van der Waals surface area contributed by atoms with Crippen LogP contribution in [0.1, 0.15) is 28.8 Å². The summed E-state index contributed by atoms with van der Waals surface area (Å²) in [5.74, 6) is -0.760. The van der Waals surface area contributed by atoms with Gasteiger partial charge in [-0.3, -0.25) is 9.59 Å². The lowest BCUT2D eigenvalue weighted by Gasteiger charge is -2.05. The average molecular weight is 262 g/mol. The van der Waals surface area contributed by atoms with E-state index in [4.69, 9.17) is 5.11 Å². The van der Waals surface area contributed by atoms with Crippen molar-refractivity contribution in [3.63, 3.8) is 0 Å². The molecule has 1 aromatic rings. The second kappa shape index (κ2) is 6.33. The van der Waals surface area contributed by atoms with Crippen LogP contribution in [0.5, 0.6) is 0 Å². The number of nitrogens with one attached hydrogen (secondary N) is 2. The van der Waals surface area contributed by atoms with Crippen LogP contribution in [0.2, 0.25) is 0 Å². The Hall–Kier alpha value is -1.88. The van der Waals surface area contributed by atoms with Gasteiger partial charge in [-0.1, -0.05) is 0 Å². The molecule has 3 N–H and O–H groups in total. The van der Waals surface area contributed by atoms with E-state index in [0.29, 0.717) is 18.5 Å². The van der Waals surface area contributed by atoms with Crippen LogP contribution < -0.4 is 10.6 Å². The van der Waals surface area contributed by atoms with Crippen molar-refractivity contribution in [3.05, 3.63) is 29.3 Å². The van der Waals surface area contributed by atoms with Crippen LogP contribution in [-0.2, 0) is 11.2 Å². The van der Waals surface area contributed by atoms with Gasteiger partial charge in [-0.05, 0) is 43.1 Å². The largest absolute Gasteiger partial charge is 0.481 e. The molecule has 0 radical (unpaired) electrons. The highest BCUT2D eigenvalue weighted by molar-refractivity contribution is 5.98. The molecule has 5 heteroatoms. The zero-order valence-electron chi connectivity index (χ0n) is 10.7. The molecule has 0 atom stereocenters. The molecule has 0 bridgehead atoms. The number of hydrogen-bond acceptors (Lipinski definition) is 4. The summed E-state index contributed by atoms with van der Waals surface area (Å²) in [5.41, 5.74) is 3.02. The Morgan fingerprint density at radius 1 is 1.37 bits per heavy atom. The summed E-state index contributed by atoms with van der Waals surface area (Å²) >= 11 is 0. The molecular formula is C14H18N2O3. The molecule has 0 aliphatic carbocycles. The van der Waals surface area contributed by atoms with Crippen molar-refractivity contribution in [3.8, 4) is 0 Å². The van der Waals surface area contributed by atoms with E-state index >= 15 is 0 Å². The lowest BCUT2D eigenvalue weighted by atomic mass is 10.1. The smallest absolute Gasteiger partial charge is 0.303 e. The van der Waals surface area contributed by atoms with Crippen molar-refractivity contribution < 1.29 is 14.7 Å². The van der Waals surface area contributed by atoms with E-state index in [1.165, 1.54) is 5.56 Å². The van der Waals surface area contributed by atoms with Crippen molar-refractivity contribution in [2.75, 3.05) is 25.0 Å². The van der Waals surface area contributed by atoms with Crippen molar-refractivity contribution in [2.45, 2.75) is 19.3 Å². The summed E-state index contributed by atoms with van der Waals surface area (Å²) in [6.07, 6.45) is 1.63. The van der Waals surface area contributed by atoms with Crippen LogP contribution >= 0.6 is 0 Å². The maximum absolute atomic E-state index is 11.9. The number of carbonyl (C=O) groups excluding carboxylic acids is 1. The summed E-state index contributed by atoms with van der Waals surface area (Å²) in [6.45, 7) is 1.73. The number of ketones is 1. The van der Waals surface area contributed by atoms with Gasteiger partial charge < -0.3 is 15.7 Å². The first-order valence-corrected chi connectivity index (χ1v) is 6.49. The van der Waals surface area contributed by atoms with Crippen molar-refractivity contribution in [2.24, 2.45) is 0 Å². The molecular weight excluding hydrogens is 244 g/mol. The molecule has 19 heavy (non-hydrogen) atoms. The number of benzene rings is 1. The number of Topliss-reactive ketones (excluding diaryl/α,β-unsaturated/α-hetero) is 1. The zero-order valence-corrected chi connectivity index (χ0v) is 10.7. The molecule has 0 saturated carbocycles. The number of anilines is 1. The molecule has 0 unspecified atom stereocenters. The second-order valence-corrected chi connectivity index (χ2v) is 4.65. The lowest BCUT2D eigenvalue weighted by molar-refractivity contribution is -0.137. The normalized spacial score (nSPS) is 12.8. The maximum Gasteiger partial charge on any atom is 0.303 e. The molecule has 0 amide bonds. The summed E-state index contributed by atoms with van der Waals surface area (Å²) in [5, 5.41) is 14.7. The minimum atomic E-state index is -0.806. The predicted molar refractivity (Wildman–Crippen MR) is 72.7 cm³/mol. The third-order valence-corrected chi connectivity index (χ3v) is 3.17. The second-order valence-electron chi connectivity index (χ2n) is 4.65. The van der Waals surface area contributed by atoms with Gasteiger partial charge in [0, 0.05) is 24.2 Å². The fourth-order valence-electron chi connectivity index (χ4n) is 2.15. The van der Waals surface area contributed by atoms with Gasteiger partial charge in [-0.2, -0.15) is 0 Å². The first-order chi connectivity index (χ1) is 9.16. The van der Waals surface area contributed by atoms with Crippen LogP contribution in [0.15, 0.2) is 18.2 Å². The highest BCUT2D eigenvalue weighted by Crippen LogP contribution is 2.22. The molecule has 1 aliphatic rings. The number of carbonyl (C=O) groups is 2. The van der Waals surface area contributed by atoms with E-state index in [2.05, 4.69) is 10.6 Å². The van der Waals surface area contributed by atoms with Crippen LogP contribution in [0.3, 0.4) is 0 Å². The SMILES string of the molecule is O=C(O)CCCNCC(=O)c1ccc2c(c1)CCN2. The highest BCUT2D eigenvalue weighted by atomic mass is 16.4. The van der Waals surface area contributed by atoms with E-state index in [1.807, 2.05) is 18.2 Å². The molecule has 5 nitrogen and oxygen atoms in total. The average Bonchev–Trinajstić information content (AvgIpc) is 2.84. The van der Waals surface area contributed by atoms with E-state index in [-0.39, 0.29) is 18.7 Å². The molecule has 0 aromatic heterocycles. The maximum atomic E-state index is 11.9. The summed E-state index contributed by atoms with van der Waals surface area (Å²) in [6, 6.07) is 5.72. The minimum Gasteiger partial charge on any atom is -0.481 e. The quantitative estimate of drug-likeness (QED) is 0.510. The Balaban J connectivity index is 1.78. The lowest BCUT2D eigenvalue weighted by Crippen LogP contribution is -2.24. The summed E-state index contributed by atoms with van der Waals surface area (Å²) in [7, 11) is 0. The summed E-state index contributed by atoms with van der Waals surface area (Å²) in [4.78, 5) is 22.3. The van der Waals surface area contributed by atoms with E-state index in [1.54, 1.807) is 0 Å². The van der Waals surface area contributed by atoms with Gasteiger partial charge in [0.05, 0.1) is 6.54 Å². The van der Waals surface area contributed by atoms with Crippen molar-refractivity contribution in [1.82, 2.24) is 5.32 Å². The van der Waals surface area contributed by atoms with Crippen LogP contribution in [-0.4, -0.2) is 36.5 Å². The van der Waals surface area contributed by atoms with E-state index < -0.39 is 5.97 Å². The third kappa shape index (κ3) is 3.79.